The number of halogens is 1. The third-order valence-corrected chi connectivity index (χ3v) is 4.16. The molecule has 24 heavy (non-hydrogen) atoms. The van der Waals surface area contributed by atoms with E-state index in [2.05, 4.69) is 31.5 Å². The van der Waals surface area contributed by atoms with Gasteiger partial charge in [0.2, 0.25) is 5.91 Å². The molecule has 0 saturated carbocycles. The van der Waals surface area contributed by atoms with Crippen LogP contribution in [0.3, 0.4) is 0 Å². The predicted molar refractivity (Wildman–Crippen MR) is 94.6 cm³/mol. The second-order valence-electron chi connectivity index (χ2n) is 5.52. The molecule has 1 aliphatic heterocycles. The number of amides is 2. The molecule has 0 bridgehead atoms. The van der Waals surface area contributed by atoms with Crippen molar-refractivity contribution >= 4 is 33.4 Å². The van der Waals surface area contributed by atoms with Crippen LogP contribution in [-0.4, -0.2) is 41.3 Å². The second-order valence-corrected chi connectivity index (χ2v) is 6.43. The molecule has 7 heteroatoms. The molecule has 1 fully saturated rings. The van der Waals surface area contributed by atoms with Gasteiger partial charge in [-0.15, -0.1) is 0 Å². The van der Waals surface area contributed by atoms with E-state index in [1.807, 2.05) is 18.2 Å². The normalized spacial score (nSPS) is 14.2. The first-order chi connectivity index (χ1) is 11.6. The summed E-state index contributed by atoms with van der Waals surface area (Å²) in [5, 5.41) is 5.99. The highest BCUT2D eigenvalue weighted by Crippen LogP contribution is 2.15. The number of hydrogen-bond acceptors (Lipinski definition) is 4. The van der Waals surface area contributed by atoms with E-state index in [4.69, 9.17) is 0 Å². The maximum atomic E-state index is 12.4. The molecular weight excluding hydrogens is 372 g/mol. The van der Waals surface area contributed by atoms with Crippen LogP contribution in [0.2, 0.25) is 0 Å². The molecular formula is C17H17BrN4O2. The molecule has 1 saturated heterocycles. The van der Waals surface area contributed by atoms with Crippen molar-refractivity contribution in [3.63, 3.8) is 0 Å². The average Bonchev–Trinajstić information content (AvgIpc) is 2.60. The first-order valence-corrected chi connectivity index (χ1v) is 8.40. The van der Waals surface area contributed by atoms with E-state index >= 15 is 0 Å². The van der Waals surface area contributed by atoms with Crippen molar-refractivity contribution in [1.29, 1.82) is 0 Å². The van der Waals surface area contributed by atoms with Crippen molar-refractivity contribution < 1.29 is 9.59 Å². The molecule has 0 aliphatic carbocycles. The predicted octanol–water partition coefficient (Wildman–Crippen LogP) is 2.03. The highest BCUT2D eigenvalue weighted by atomic mass is 79.9. The van der Waals surface area contributed by atoms with E-state index in [0.29, 0.717) is 25.2 Å². The number of piperazine rings is 1. The number of carbonyl (C=O) groups excluding carboxylic acids is 2. The number of benzene rings is 1. The lowest BCUT2D eigenvalue weighted by molar-refractivity contribution is -0.123. The zero-order valence-electron chi connectivity index (χ0n) is 13.0. The second kappa shape index (κ2) is 7.44. The number of nitrogens with one attached hydrogen (secondary N) is 2. The summed E-state index contributed by atoms with van der Waals surface area (Å²) in [6, 6.07) is 9.37. The number of aromatic nitrogens is 1. The zero-order valence-corrected chi connectivity index (χ0v) is 14.5. The molecule has 0 radical (unpaired) electrons. The molecule has 0 atom stereocenters. The van der Waals surface area contributed by atoms with Crippen LogP contribution in [0, 0.1) is 0 Å². The monoisotopic (exact) mass is 388 g/mol. The fourth-order valence-electron chi connectivity index (χ4n) is 2.47. The van der Waals surface area contributed by atoms with Gasteiger partial charge in [0.15, 0.2) is 0 Å². The summed E-state index contributed by atoms with van der Waals surface area (Å²) < 4.78 is 0.916. The molecule has 124 valence electrons. The third kappa shape index (κ3) is 4.11. The van der Waals surface area contributed by atoms with E-state index < -0.39 is 0 Å². The van der Waals surface area contributed by atoms with Gasteiger partial charge in [-0.05, 0) is 39.7 Å². The Morgan fingerprint density at radius 3 is 2.79 bits per heavy atom. The van der Waals surface area contributed by atoms with Gasteiger partial charge in [-0.3, -0.25) is 14.6 Å². The molecule has 2 amide bonds. The van der Waals surface area contributed by atoms with Gasteiger partial charge in [-0.25, -0.2) is 0 Å². The van der Waals surface area contributed by atoms with Crippen molar-refractivity contribution in [3.8, 4) is 0 Å². The van der Waals surface area contributed by atoms with E-state index in [1.165, 1.54) is 0 Å². The van der Waals surface area contributed by atoms with Gasteiger partial charge in [0.05, 0.1) is 18.4 Å². The van der Waals surface area contributed by atoms with Gasteiger partial charge < -0.3 is 15.5 Å². The van der Waals surface area contributed by atoms with Crippen molar-refractivity contribution in [2.75, 3.05) is 25.0 Å². The Morgan fingerprint density at radius 2 is 2.08 bits per heavy atom. The van der Waals surface area contributed by atoms with E-state index in [1.54, 1.807) is 29.4 Å². The number of rotatable bonds is 4. The minimum absolute atomic E-state index is 0.111. The molecule has 2 heterocycles. The molecule has 1 aliphatic rings. The van der Waals surface area contributed by atoms with E-state index in [0.717, 1.165) is 15.7 Å². The Balaban J connectivity index is 1.60. The molecule has 1 aromatic heterocycles. The minimum atomic E-state index is -0.113. The Hall–Kier alpha value is -2.41. The number of pyridine rings is 1. The topological polar surface area (TPSA) is 74.3 Å². The summed E-state index contributed by atoms with van der Waals surface area (Å²) in [7, 11) is 0. The fraction of sp³-hybridized carbons (Fsp3) is 0.235. The van der Waals surface area contributed by atoms with Crippen LogP contribution in [0.5, 0.6) is 0 Å². The van der Waals surface area contributed by atoms with Gasteiger partial charge in [0.25, 0.3) is 5.91 Å². The molecule has 0 spiro atoms. The molecule has 2 N–H and O–H groups in total. The van der Waals surface area contributed by atoms with Crippen LogP contribution in [0.15, 0.2) is 47.2 Å². The summed E-state index contributed by atoms with van der Waals surface area (Å²) in [5.41, 5.74) is 2.57. The van der Waals surface area contributed by atoms with Crippen molar-refractivity contribution in [3.05, 3.63) is 58.3 Å². The molecule has 0 unspecified atom stereocenters. The average molecular weight is 389 g/mol. The van der Waals surface area contributed by atoms with Crippen LogP contribution >= 0.6 is 15.9 Å². The standard InChI is InChI=1S/C17H17BrN4O2/c18-14-7-15(10-19-9-14)21-8-12-1-3-13(4-2-12)17(24)22-6-5-20-16(23)11-22/h1-4,7,9-10,21H,5-6,8,11H2,(H,20,23). The summed E-state index contributed by atoms with van der Waals surface area (Å²) in [5.74, 6) is -0.224. The van der Waals surface area contributed by atoms with Gasteiger partial charge >= 0.3 is 0 Å². The van der Waals surface area contributed by atoms with Crippen LogP contribution < -0.4 is 10.6 Å². The summed E-state index contributed by atoms with van der Waals surface area (Å²) >= 11 is 3.38. The third-order valence-electron chi connectivity index (χ3n) is 3.73. The summed E-state index contributed by atoms with van der Waals surface area (Å²) in [4.78, 5) is 29.4. The van der Waals surface area contributed by atoms with Crippen LogP contribution in [0.25, 0.3) is 0 Å². The highest BCUT2D eigenvalue weighted by Gasteiger charge is 2.21. The zero-order chi connectivity index (χ0) is 16.9. The smallest absolute Gasteiger partial charge is 0.254 e. The van der Waals surface area contributed by atoms with Crippen LogP contribution in [0.1, 0.15) is 15.9 Å². The van der Waals surface area contributed by atoms with Crippen LogP contribution in [0.4, 0.5) is 5.69 Å². The van der Waals surface area contributed by atoms with Crippen LogP contribution in [-0.2, 0) is 11.3 Å². The molecule has 1 aromatic carbocycles. The SMILES string of the molecule is O=C1CN(C(=O)c2ccc(CNc3cncc(Br)c3)cc2)CCN1. The van der Waals surface area contributed by atoms with E-state index in [9.17, 15) is 9.59 Å². The Bertz CT molecular complexity index is 749. The van der Waals surface area contributed by atoms with Crippen molar-refractivity contribution in [2.24, 2.45) is 0 Å². The largest absolute Gasteiger partial charge is 0.380 e. The number of nitrogens with zero attached hydrogens (tertiary/aromatic N) is 2. The maximum Gasteiger partial charge on any atom is 0.254 e. The summed E-state index contributed by atoms with van der Waals surface area (Å²) in [6.07, 6.45) is 3.48. The Morgan fingerprint density at radius 1 is 1.29 bits per heavy atom. The van der Waals surface area contributed by atoms with Gasteiger partial charge in [0, 0.05) is 35.9 Å². The highest BCUT2D eigenvalue weighted by molar-refractivity contribution is 9.10. The molecule has 6 nitrogen and oxygen atoms in total. The number of anilines is 1. The fourth-order valence-corrected chi connectivity index (χ4v) is 2.84. The minimum Gasteiger partial charge on any atom is -0.380 e. The number of carbonyl (C=O) groups is 2. The maximum absolute atomic E-state index is 12.4. The lowest BCUT2D eigenvalue weighted by Crippen LogP contribution is -2.49. The molecule has 3 rings (SSSR count). The van der Waals surface area contributed by atoms with E-state index in [-0.39, 0.29) is 18.4 Å². The number of hydrogen-bond donors (Lipinski definition) is 2. The van der Waals surface area contributed by atoms with Crippen molar-refractivity contribution in [2.45, 2.75) is 6.54 Å². The lowest BCUT2D eigenvalue weighted by Gasteiger charge is -2.26. The van der Waals surface area contributed by atoms with Gasteiger partial charge in [0.1, 0.15) is 0 Å². The van der Waals surface area contributed by atoms with Gasteiger partial charge in [-0.2, -0.15) is 0 Å². The first-order valence-electron chi connectivity index (χ1n) is 7.61. The Kier molecular flexibility index (Phi) is 5.10. The summed E-state index contributed by atoms with van der Waals surface area (Å²) in [6.45, 7) is 1.81. The van der Waals surface area contributed by atoms with Gasteiger partial charge in [-0.1, -0.05) is 12.1 Å². The Labute approximate surface area is 148 Å². The first kappa shape index (κ1) is 16.4. The van der Waals surface area contributed by atoms with Crippen molar-refractivity contribution in [1.82, 2.24) is 15.2 Å². The molecule has 2 aromatic rings. The quantitative estimate of drug-likeness (QED) is 0.840. The lowest BCUT2D eigenvalue weighted by atomic mass is 10.1.